The molecule has 0 amide bonds. The SMILES string of the molecule is CCC(CC)[n+]1ccn(CCCOC(=O)[C@](O)(c2ccccc2)[C@@H]2CCCC(F)(F)C2)c1C. The van der Waals surface area contributed by atoms with Crippen molar-refractivity contribution in [1.29, 1.82) is 0 Å². The maximum atomic E-state index is 14.1. The molecule has 182 valence electrons. The molecule has 1 heterocycles. The van der Waals surface area contributed by atoms with Crippen LogP contribution >= 0.6 is 0 Å². The Labute approximate surface area is 195 Å². The number of hydrogen-bond acceptors (Lipinski definition) is 3. The minimum atomic E-state index is -2.89. The summed E-state index contributed by atoms with van der Waals surface area (Å²) in [5.41, 5.74) is -1.77. The van der Waals surface area contributed by atoms with E-state index in [2.05, 4.69) is 36.1 Å². The lowest BCUT2D eigenvalue weighted by atomic mass is 9.72. The van der Waals surface area contributed by atoms with Crippen LogP contribution in [0.2, 0.25) is 0 Å². The zero-order valence-electron chi connectivity index (χ0n) is 20.0. The van der Waals surface area contributed by atoms with Gasteiger partial charge in [-0.3, -0.25) is 0 Å². The molecule has 2 atom stereocenters. The largest absolute Gasteiger partial charge is 0.463 e. The van der Waals surface area contributed by atoms with E-state index in [-0.39, 0.29) is 19.4 Å². The van der Waals surface area contributed by atoms with Crippen LogP contribution in [-0.2, 0) is 21.7 Å². The van der Waals surface area contributed by atoms with Crippen LogP contribution in [0.4, 0.5) is 8.78 Å². The van der Waals surface area contributed by atoms with E-state index in [1.54, 1.807) is 30.3 Å². The Morgan fingerprint density at radius 2 is 2.00 bits per heavy atom. The maximum absolute atomic E-state index is 14.1. The number of aliphatic hydroxyl groups is 1. The van der Waals surface area contributed by atoms with Gasteiger partial charge in [-0.25, -0.2) is 22.7 Å². The number of carbonyl (C=O) groups excluding carboxylic acids is 1. The Hall–Kier alpha value is -2.28. The molecule has 0 aliphatic heterocycles. The highest BCUT2D eigenvalue weighted by Crippen LogP contribution is 2.45. The van der Waals surface area contributed by atoms with E-state index in [4.69, 9.17) is 4.74 Å². The minimum absolute atomic E-state index is 0.111. The van der Waals surface area contributed by atoms with E-state index in [0.717, 1.165) is 18.7 Å². The number of imidazole rings is 1. The third-order valence-corrected chi connectivity index (χ3v) is 7.07. The minimum Gasteiger partial charge on any atom is -0.463 e. The molecule has 1 saturated carbocycles. The maximum Gasteiger partial charge on any atom is 0.343 e. The van der Waals surface area contributed by atoms with E-state index in [1.165, 1.54) is 0 Å². The van der Waals surface area contributed by atoms with Gasteiger partial charge in [-0.15, -0.1) is 0 Å². The molecule has 1 N–H and O–H groups in total. The number of nitrogens with zero attached hydrogens (tertiary/aromatic N) is 2. The van der Waals surface area contributed by atoms with E-state index < -0.39 is 29.8 Å². The highest BCUT2D eigenvalue weighted by Gasteiger charge is 2.52. The van der Waals surface area contributed by atoms with Crippen molar-refractivity contribution in [3.8, 4) is 0 Å². The molecular weight excluding hydrogens is 426 g/mol. The van der Waals surface area contributed by atoms with Crippen molar-refractivity contribution in [3.05, 3.63) is 54.1 Å². The van der Waals surface area contributed by atoms with Crippen LogP contribution in [0.3, 0.4) is 0 Å². The van der Waals surface area contributed by atoms with E-state index in [0.29, 0.717) is 31.0 Å². The van der Waals surface area contributed by atoms with Gasteiger partial charge >= 0.3 is 5.97 Å². The van der Waals surface area contributed by atoms with Gasteiger partial charge in [0.05, 0.1) is 13.2 Å². The molecular formula is C26H37F2N2O3+. The predicted octanol–water partition coefficient (Wildman–Crippen LogP) is 5.09. The molecule has 2 aromatic rings. The van der Waals surface area contributed by atoms with Crippen LogP contribution in [0, 0.1) is 12.8 Å². The Morgan fingerprint density at radius 1 is 1.30 bits per heavy atom. The number of carbonyl (C=O) groups is 1. The van der Waals surface area contributed by atoms with Crippen molar-refractivity contribution in [2.24, 2.45) is 5.92 Å². The Balaban J connectivity index is 1.66. The summed E-state index contributed by atoms with van der Waals surface area (Å²) in [6, 6.07) is 8.81. The Kier molecular flexibility index (Phi) is 8.27. The van der Waals surface area contributed by atoms with Crippen molar-refractivity contribution in [3.63, 3.8) is 0 Å². The van der Waals surface area contributed by atoms with Gasteiger partial charge in [-0.1, -0.05) is 44.2 Å². The zero-order chi connectivity index (χ0) is 24.1. The van der Waals surface area contributed by atoms with Gasteiger partial charge in [0.15, 0.2) is 5.60 Å². The third kappa shape index (κ3) is 5.62. The average Bonchev–Trinajstić information content (AvgIpc) is 3.17. The molecule has 1 fully saturated rings. The lowest BCUT2D eigenvalue weighted by molar-refractivity contribution is -0.728. The number of ether oxygens (including phenoxy) is 1. The second-order valence-corrected chi connectivity index (χ2v) is 9.19. The van der Waals surface area contributed by atoms with Gasteiger partial charge in [0.1, 0.15) is 18.4 Å². The molecule has 0 radical (unpaired) electrons. The number of rotatable bonds is 10. The first-order chi connectivity index (χ1) is 15.7. The summed E-state index contributed by atoms with van der Waals surface area (Å²) in [5.74, 6) is -3.47. The van der Waals surface area contributed by atoms with Crippen LogP contribution in [0.1, 0.15) is 76.2 Å². The smallest absolute Gasteiger partial charge is 0.343 e. The first-order valence-corrected chi connectivity index (χ1v) is 12.1. The molecule has 1 aliphatic carbocycles. The highest BCUT2D eigenvalue weighted by atomic mass is 19.3. The fraction of sp³-hybridized carbons (Fsp3) is 0.615. The second kappa shape index (κ2) is 10.8. The molecule has 1 aromatic heterocycles. The summed E-state index contributed by atoms with van der Waals surface area (Å²) in [5, 5.41) is 11.5. The summed E-state index contributed by atoms with van der Waals surface area (Å²) in [6.07, 6.45) is 6.68. The molecule has 0 saturated heterocycles. The lowest BCUT2D eigenvalue weighted by Crippen LogP contribution is -2.48. The number of aromatic nitrogens is 2. The van der Waals surface area contributed by atoms with Crippen molar-refractivity contribution in [2.75, 3.05) is 6.61 Å². The molecule has 7 heteroatoms. The summed E-state index contributed by atoms with van der Waals surface area (Å²) < 4.78 is 38.2. The first-order valence-electron chi connectivity index (χ1n) is 12.1. The zero-order valence-corrected chi connectivity index (χ0v) is 20.0. The Bertz CT molecular complexity index is 912. The van der Waals surface area contributed by atoms with Crippen molar-refractivity contribution in [1.82, 2.24) is 4.57 Å². The number of hydrogen-bond donors (Lipinski definition) is 1. The quantitative estimate of drug-likeness (QED) is 0.303. The molecule has 1 aliphatic rings. The van der Waals surface area contributed by atoms with E-state index in [9.17, 15) is 18.7 Å². The van der Waals surface area contributed by atoms with Crippen LogP contribution in [0.5, 0.6) is 0 Å². The van der Waals surface area contributed by atoms with E-state index >= 15 is 0 Å². The monoisotopic (exact) mass is 463 g/mol. The summed E-state index contributed by atoms with van der Waals surface area (Å²) in [6.45, 7) is 7.19. The number of aryl methyl sites for hydroxylation is 1. The van der Waals surface area contributed by atoms with Crippen molar-refractivity contribution < 1.29 is 28.0 Å². The predicted molar refractivity (Wildman–Crippen MR) is 122 cm³/mol. The van der Waals surface area contributed by atoms with Crippen molar-refractivity contribution in [2.45, 2.75) is 89.8 Å². The van der Waals surface area contributed by atoms with Gasteiger partial charge in [-0.05, 0) is 31.2 Å². The van der Waals surface area contributed by atoms with Gasteiger partial charge in [0.25, 0.3) is 5.82 Å². The Morgan fingerprint density at radius 3 is 2.64 bits per heavy atom. The van der Waals surface area contributed by atoms with Gasteiger partial charge < -0.3 is 9.84 Å². The molecule has 33 heavy (non-hydrogen) atoms. The van der Waals surface area contributed by atoms with Crippen LogP contribution in [-0.4, -0.2) is 28.2 Å². The fourth-order valence-corrected chi connectivity index (χ4v) is 5.07. The lowest BCUT2D eigenvalue weighted by Gasteiger charge is -2.39. The molecule has 0 spiro atoms. The molecule has 1 aromatic carbocycles. The summed E-state index contributed by atoms with van der Waals surface area (Å²) in [4.78, 5) is 13.1. The fourth-order valence-electron chi connectivity index (χ4n) is 5.07. The molecule has 3 rings (SSSR count). The number of esters is 1. The standard InChI is InChI=1S/C26H37F2N2O3/c1-4-23(5-2)30-17-16-29(20(30)3)15-10-18-33-24(31)26(32,21-11-7-6-8-12-21)22-13-9-14-25(27,28)19-22/h6-8,11-12,16-17,22-23,32H,4-5,9-10,13-15,18-19H2,1-3H3/q+1/t22-,26+/m1/s1. The third-order valence-electron chi connectivity index (χ3n) is 7.07. The van der Waals surface area contributed by atoms with Gasteiger partial charge in [0.2, 0.25) is 5.92 Å². The number of halogens is 2. The normalized spacial score (nSPS) is 19.9. The molecule has 5 nitrogen and oxygen atoms in total. The van der Waals surface area contributed by atoms with Crippen LogP contribution in [0.15, 0.2) is 42.7 Å². The summed E-state index contributed by atoms with van der Waals surface area (Å²) >= 11 is 0. The van der Waals surface area contributed by atoms with E-state index in [1.807, 2.05) is 6.20 Å². The van der Waals surface area contributed by atoms with Crippen LogP contribution < -0.4 is 4.57 Å². The molecule has 0 unspecified atom stereocenters. The topological polar surface area (TPSA) is 55.3 Å². The first kappa shape index (κ1) is 25.3. The number of benzene rings is 1. The van der Waals surface area contributed by atoms with Gasteiger partial charge in [0, 0.05) is 32.1 Å². The highest BCUT2D eigenvalue weighted by molar-refractivity contribution is 5.81. The molecule has 0 bridgehead atoms. The van der Waals surface area contributed by atoms with Crippen LogP contribution in [0.25, 0.3) is 0 Å². The summed E-state index contributed by atoms with van der Waals surface area (Å²) in [7, 11) is 0. The van der Waals surface area contributed by atoms with Crippen molar-refractivity contribution >= 4 is 5.97 Å². The van der Waals surface area contributed by atoms with Gasteiger partial charge in [-0.2, -0.15) is 0 Å². The second-order valence-electron chi connectivity index (χ2n) is 9.19. The number of alkyl halides is 2. The average molecular weight is 464 g/mol.